The quantitative estimate of drug-likeness (QED) is 0.907. The van der Waals surface area contributed by atoms with Gasteiger partial charge in [-0.15, -0.1) is 0 Å². The Morgan fingerprint density at radius 2 is 2.20 bits per heavy atom. The van der Waals surface area contributed by atoms with Crippen LogP contribution in [0.15, 0.2) is 18.2 Å². The third-order valence-electron chi connectivity index (χ3n) is 5.41. The minimum absolute atomic E-state index is 0.473. The van der Waals surface area contributed by atoms with E-state index in [0.717, 1.165) is 0 Å². The fourth-order valence-electron chi connectivity index (χ4n) is 4.00. The molecule has 2 aliphatic rings. The van der Waals surface area contributed by atoms with Gasteiger partial charge in [-0.1, -0.05) is 25.1 Å². The number of aryl methyl sites for hydroxylation is 1. The predicted molar refractivity (Wildman–Crippen MR) is 85.1 cm³/mol. The van der Waals surface area contributed by atoms with Crippen molar-refractivity contribution in [3.8, 4) is 0 Å². The minimum Gasteiger partial charge on any atom is -0.316 e. The van der Waals surface area contributed by atoms with E-state index in [0.29, 0.717) is 11.5 Å². The number of hydrogen-bond acceptors (Lipinski definition) is 2. The van der Waals surface area contributed by atoms with Gasteiger partial charge in [0.05, 0.1) is 0 Å². The highest BCUT2D eigenvalue weighted by atomic mass is 15.2. The van der Waals surface area contributed by atoms with Crippen molar-refractivity contribution in [2.45, 2.75) is 46.1 Å². The van der Waals surface area contributed by atoms with Crippen LogP contribution >= 0.6 is 0 Å². The number of rotatable bonds is 3. The van der Waals surface area contributed by atoms with Gasteiger partial charge in [0.1, 0.15) is 0 Å². The third-order valence-corrected chi connectivity index (χ3v) is 5.41. The number of hydrogen-bond donors (Lipinski definition) is 1. The van der Waals surface area contributed by atoms with Crippen LogP contribution in [0.5, 0.6) is 0 Å². The van der Waals surface area contributed by atoms with Crippen LogP contribution in [-0.4, -0.2) is 31.1 Å². The molecule has 2 saturated heterocycles. The van der Waals surface area contributed by atoms with Gasteiger partial charge in [0.15, 0.2) is 0 Å². The van der Waals surface area contributed by atoms with Crippen LogP contribution in [0.2, 0.25) is 0 Å². The molecule has 1 aromatic rings. The molecule has 0 saturated carbocycles. The summed E-state index contributed by atoms with van der Waals surface area (Å²) in [6.07, 6.45) is 4.00. The van der Waals surface area contributed by atoms with Crippen LogP contribution in [0.4, 0.5) is 0 Å². The molecule has 2 aliphatic heterocycles. The first-order valence-corrected chi connectivity index (χ1v) is 8.10. The van der Waals surface area contributed by atoms with Crippen LogP contribution < -0.4 is 5.32 Å². The lowest BCUT2D eigenvalue weighted by molar-refractivity contribution is 0.165. The Balaban J connectivity index is 1.80. The summed E-state index contributed by atoms with van der Waals surface area (Å²) >= 11 is 0. The first-order chi connectivity index (χ1) is 9.59. The van der Waals surface area contributed by atoms with Crippen molar-refractivity contribution in [1.29, 1.82) is 0 Å². The smallest absolute Gasteiger partial charge is 0.0351 e. The average molecular weight is 272 g/mol. The van der Waals surface area contributed by atoms with E-state index < -0.39 is 0 Å². The van der Waals surface area contributed by atoms with Gasteiger partial charge in [0.25, 0.3) is 0 Å². The van der Waals surface area contributed by atoms with Crippen molar-refractivity contribution in [2.75, 3.05) is 26.2 Å². The number of nitrogens with zero attached hydrogens (tertiary/aromatic N) is 1. The molecule has 2 atom stereocenters. The molecule has 0 radical (unpaired) electrons. The molecule has 3 rings (SSSR count). The Morgan fingerprint density at radius 1 is 1.35 bits per heavy atom. The van der Waals surface area contributed by atoms with Gasteiger partial charge in [-0.05, 0) is 68.3 Å². The molecule has 2 heteroatoms. The summed E-state index contributed by atoms with van der Waals surface area (Å²) in [5.74, 6) is 0. The highest BCUT2D eigenvalue weighted by molar-refractivity contribution is 5.35. The molecule has 2 unspecified atom stereocenters. The van der Waals surface area contributed by atoms with Gasteiger partial charge in [-0.3, -0.25) is 4.90 Å². The Hall–Kier alpha value is -0.860. The molecule has 1 N–H and O–H groups in total. The lowest BCUT2D eigenvalue weighted by Crippen LogP contribution is -2.37. The van der Waals surface area contributed by atoms with Crippen molar-refractivity contribution in [3.63, 3.8) is 0 Å². The summed E-state index contributed by atoms with van der Waals surface area (Å²) in [6.45, 7) is 11.9. The predicted octanol–water partition coefficient (Wildman–Crippen LogP) is 3.44. The number of benzene rings is 1. The van der Waals surface area contributed by atoms with Crippen LogP contribution in [0.25, 0.3) is 0 Å². The minimum atomic E-state index is 0.473. The van der Waals surface area contributed by atoms with Crippen molar-refractivity contribution < 1.29 is 0 Å². The van der Waals surface area contributed by atoms with Gasteiger partial charge in [0.2, 0.25) is 0 Å². The Bertz CT molecular complexity index is 474. The Morgan fingerprint density at radius 3 is 2.95 bits per heavy atom. The lowest BCUT2D eigenvalue weighted by atomic mass is 9.88. The van der Waals surface area contributed by atoms with E-state index in [9.17, 15) is 0 Å². The van der Waals surface area contributed by atoms with Crippen LogP contribution in [0, 0.1) is 19.3 Å². The summed E-state index contributed by atoms with van der Waals surface area (Å²) in [4.78, 5) is 2.74. The van der Waals surface area contributed by atoms with Gasteiger partial charge in [-0.25, -0.2) is 0 Å². The summed E-state index contributed by atoms with van der Waals surface area (Å²) in [5.41, 5.74) is 4.97. The van der Waals surface area contributed by atoms with E-state index in [1.807, 2.05) is 0 Å². The molecule has 2 fully saturated rings. The second kappa shape index (κ2) is 5.50. The first kappa shape index (κ1) is 14.1. The SMILES string of the molecule is Cc1cccc(C2CCCN2CC2(C)CCNC2)c1C. The highest BCUT2D eigenvalue weighted by Crippen LogP contribution is 2.38. The molecular weight excluding hydrogens is 244 g/mol. The molecule has 20 heavy (non-hydrogen) atoms. The summed E-state index contributed by atoms with van der Waals surface area (Å²) < 4.78 is 0. The zero-order valence-electron chi connectivity index (χ0n) is 13.2. The molecule has 1 aromatic carbocycles. The zero-order chi connectivity index (χ0) is 14.2. The van der Waals surface area contributed by atoms with Gasteiger partial charge in [0, 0.05) is 19.1 Å². The largest absolute Gasteiger partial charge is 0.316 e. The first-order valence-electron chi connectivity index (χ1n) is 8.10. The standard InChI is InChI=1S/C18H28N2/c1-14-6-4-7-16(15(14)2)17-8-5-11-20(17)13-18(3)9-10-19-12-18/h4,6-7,17,19H,5,8-13H2,1-3H3. The topological polar surface area (TPSA) is 15.3 Å². The fraction of sp³-hybridized carbons (Fsp3) is 0.667. The van der Waals surface area contributed by atoms with Crippen molar-refractivity contribution in [2.24, 2.45) is 5.41 Å². The maximum atomic E-state index is 3.54. The van der Waals surface area contributed by atoms with E-state index >= 15 is 0 Å². The second-order valence-corrected chi connectivity index (χ2v) is 7.16. The van der Waals surface area contributed by atoms with Crippen molar-refractivity contribution >= 4 is 0 Å². The average Bonchev–Trinajstić information content (AvgIpc) is 3.03. The molecule has 0 spiro atoms. The Kier molecular flexibility index (Phi) is 3.87. The molecule has 0 aliphatic carbocycles. The van der Waals surface area contributed by atoms with E-state index in [1.165, 1.54) is 56.6 Å². The highest BCUT2D eigenvalue weighted by Gasteiger charge is 2.35. The molecule has 110 valence electrons. The van der Waals surface area contributed by atoms with Crippen LogP contribution in [0.1, 0.15) is 48.9 Å². The molecule has 2 heterocycles. The molecule has 0 amide bonds. The van der Waals surface area contributed by atoms with Crippen molar-refractivity contribution in [3.05, 3.63) is 34.9 Å². The van der Waals surface area contributed by atoms with Crippen molar-refractivity contribution in [1.82, 2.24) is 10.2 Å². The molecule has 2 nitrogen and oxygen atoms in total. The maximum absolute atomic E-state index is 3.54. The molecule has 0 bridgehead atoms. The fourth-order valence-corrected chi connectivity index (χ4v) is 4.00. The monoisotopic (exact) mass is 272 g/mol. The van der Waals surface area contributed by atoms with Gasteiger partial charge >= 0.3 is 0 Å². The maximum Gasteiger partial charge on any atom is 0.0351 e. The summed E-state index contributed by atoms with van der Waals surface area (Å²) in [5, 5.41) is 3.54. The number of nitrogens with one attached hydrogen (secondary N) is 1. The van der Waals surface area contributed by atoms with Crippen LogP contribution in [-0.2, 0) is 0 Å². The van der Waals surface area contributed by atoms with E-state index in [2.05, 4.69) is 49.2 Å². The third kappa shape index (κ3) is 2.64. The normalized spacial score (nSPS) is 31.1. The van der Waals surface area contributed by atoms with Crippen LogP contribution in [0.3, 0.4) is 0 Å². The Labute approximate surface area is 123 Å². The van der Waals surface area contributed by atoms with E-state index in [-0.39, 0.29) is 0 Å². The number of likely N-dealkylation sites (tertiary alicyclic amines) is 1. The lowest BCUT2D eigenvalue weighted by Gasteiger charge is -2.34. The van der Waals surface area contributed by atoms with Gasteiger partial charge < -0.3 is 5.32 Å². The summed E-state index contributed by atoms with van der Waals surface area (Å²) in [7, 11) is 0. The molecule has 0 aromatic heterocycles. The van der Waals surface area contributed by atoms with Gasteiger partial charge in [-0.2, -0.15) is 0 Å². The van der Waals surface area contributed by atoms with E-state index in [4.69, 9.17) is 0 Å². The second-order valence-electron chi connectivity index (χ2n) is 7.16. The zero-order valence-corrected chi connectivity index (χ0v) is 13.2. The summed E-state index contributed by atoms with van der Waals surface area (Å²) in [6, 6.07) is 7.46. The molecular formula is C18H28N2. The van der Waals surface area contributed by atoms with E-state index in [1.54, 1.807) is 5.56 Å².